The van der Waals surface area contributed by atoms with E-state index in [2.05, 4.69) is 23.1 Å². The smallest absolute Gasteiger partial charge is 0.303 e. The number of rotatable bonds is 7. The van der Waals surface area contributed by atoms with Crippen molar-refractivity contribution in [2.45, 2.75) is 50.9 Å². The molecule has 1 aliphatic heterocycles. The van der Waals surface area contributed by atoms with Gasteiger partial charge in [-0.1, -0.05) is 18.2 Å². The summed E-state index contributed by atoms with van der Waals surface area (Å²) in [6.45, 7) is 1.53. The van der Waals surface area contributed by atoms with Crippen LogP contribution in [0.25, 0.3) is 0 Å². The normalized spacial score (nSPS) is 20.1. The predicted molar refractivity (Wildman–Crippen MR) is 113 cm³/mol. The number of nitrogens with zero attached hydrogens (tertiary/aromatic N) is 2. The van der Waals surface area contributed by atoms with Gasteiger partial charge in [-0.15, -0.1) is 0 Å². The first-order chi connectivity index (χ1) is 14.6. The number of carboxylic acids is 1. The van der Waals surface area contributed by atoms with Crippen molar-refractivity contribution in [1.82, 2.24) is 0 Å². The lowest BCUT2D eigenvalue weighted by Gasteiger charge is -2.35. The molecule has 4 rings (SSSR count). The van der Waals surface area contributed by atoms with Crippen LogP contribution in [-0.2, 0) is 28.9 Å². The summed E-state index contributed by atoms with van der Waals surface area (Å²) in [6.07, 6.45) is 3.81. The number of nitriles is 1. The monoisotopic (exact) mass is 406 g/mol. The van der Waals surface area contributed by atoms with E-state index >= 15 is 0 Å². The summed E-state index contributed by atoms with van der Waals surface area (Å²) in [5.41, 5.74) is 5.09. The summed E-state index contributed by atoms with van der Waals surface area (Å²) in [5.74, 6) is 0.0167. The number of carboxylic acid groups (broad SMARTS) is 1. The Bertz CT molecular complexity index is 976. The van der Waals surface area contributed by atoms with Crippen molar-refractivity contribution in [1.29, 1.82) is 5.26 Å². The van der Waals surface area contributed by atoms with Crippen molar-refractivity contribution >= 4 is 11.7 Å². The molecule has 1 saturated carbocycles. The average molecular weight is 406 g/mol. The van der Waals surface area contributed by atoms with Gasteiger partial charge in [0.2, 0.25) is 0 Å². The molecule has 1 aliphatic carbocycles. The highest BCUT2D eigenvalue weighted by atomic mass is 16.5. The number of ether oxygens (including phenoxy) is 2. The Kier molecular flexibility index (Phi) is 5.91. The highest BCUT2D eigenvalue weighted by molar-refractivity contribution is 5.67. The molecule has 30 heavy (non-hydrogen) atoms. The third kappa shape index (κ3) is 4.42. The molecule has 0 amide bonds. The molecule has 2 aromatic carbocycles. The van der Waals surface area contributed by atoms with Crippen LogP contribution in [0.2, 0.25) is 0 Å². The maximum absolute atomic E-state index is 10.8. The summed E-state index contributed by atoms with van der Waals surface area (Å²) < 4.78 is 11.4. The van der Waals surface area contributed by atoms with Gasteiger partial charge in [-0.3, -0.25) is 4.79 Å². The summed E-state index contributed by atoms with van der Waals surface area (Å²) in [5, 5.41) is 18.5. The minimum atomic E-state index is -0.773. The van der Waals surface area contributed by atoms with Crippen molar-refractivity contribution in [2.24, 2.45) is 0 Å². The van der Waals surface area contributed by atoms with E-state index in [1.807, 2.05) is 24.3 Å². The van der Waals surface area contributed by atoms with E-state index in [4.69, 9.17) is 14.6 Å². The van der Waals surface area contributed by atoms with Crippen LogP contribution in [0.5, 0.6) is 5.75 Å². The van der Waals surface area contributed by atoms with Gasteiger partial charge < -0.3 is 19.5 Å². The first kappa shape index (κ1) is 20.2. The third-order valence-corrected chi connectivity index (χ3v) is 6.03. The Hall–Kier alpha value is -3.04. The van der Waals surface area contributed by atoms with Gasteiger partial charge in [0.15, 0.2) is 0 Å². The van der Waals surface area contributed by atoms with Crippen LogP contribution in [-0.4, -0.2) is 36.9 Å². The van der Waals surface area contributed by atoms with Gasteiger partial charge >= 0.3 is 5.97 Å². The highest BCUT2D eigenvalue weighted by Gasteiger charge is 2.31. The SMILES string of the molecule is COC1CC(Oc2ccc(C#N)c(N3CCc4cc(CCC(=O)O)ccc4C3)c2)C1. The molecular formula is C24H26N2O4. The number of anilines is 1. The molecule has 0 atom stereocenters. The number of aryl methyl sites for hydroxylation is 1. The number of benzene rings is 2. The van der Waals surface area contributed by atoms with Gasteiger partial charge in [-0.05, 0) is 41.7 Å². The second-order valence-electron chi connectivity index (χ2n) is 8.03. The van der Waals surface area contributed by atoms with Crippen LogP contribution in [0.4, 0.5) is 5.69 Å². The Morgan fingerprint density at radius 3 is 2.77 bits per heavy atom. The van der Waals surface area contributed by atoms with E-state index in [-0.39, 0.29) is 18.6 Å². The number of methoxy groups -OCH3 is 1. The van der Waals surface area contributed by atoms with E-state index in [0.29, 0.717) is 12.0 Å². The lowest BCUT2D eigenvalue weighted by molar-refractivity contribution is -0.136. The third-order valence-electron chi connectivity index (χ3n) is 6.03. The van der Waals surface area contributed by atoms with Gasteiger partial charge in [0.05, 0.1) is 17.4 Å². The number of aliphatic carboxylic acids is 1. The van der Waals surface area contributed by atoms with Crippen molar-refractivity contribution in [3.63, 3.8) is 0 Å². The zero-order valence-electron chi connectivity index (χ0n) is 17.1. The summed E-state index contributed by atoms with van der Waals surface area (Å²) in [4.78, 5) is 13.0. The summed E-state index contributed by atoms with van der Waals surface area (Å²) in [7, 11) is 1.73. The molecule has 1 N–H and O–H groups in total. The molecule has 0 saturated heterocycles. The van der Waals surface area contributed by atoms with Crippen LogP contribution in [0.15, 0.2) is 36.4 Å². The Balaban J connectivity index is 1.48. The molecule has 0 aromatic heterocycles. The maximum Gasteiger partial charge on any atom is 0.303 e. The largest absolute Gasteiger partial charge is 0.490 e. The Labute approximate surface area is 176 Å². The fourth-order valence-corrected chi connectivity index (χ4v) is 4.16. The van der Waals surface area contributed by atoms with Crippen molar-refractivity contribution < 1.29 is 19.4 Å². The molecule has 0 bridgehead atoms. The number of hydrogen-bond acceptors (Lipinski definition) is 5. The standard InChI is InChI=1S/C24H26N2O4/c1-29-21-11-22(12-21)30-20-6-5-18(14-25)23(13-20)26-9-8-17-10-16(3-7-24(27)28)2-4-19(17)15-26/h2,4-6,10,13,21-22H,3,7-9,11-12,15H2,1H3,(H,27,28). The van der Waals surface area contributed by atoms with Crippen LogP contribution >= 0.6 is 0 Å². The lowest BCUT2D eigenvalue weighted by atomic mass is 9.92. The molecule has 1 heterocycles. The number of carbonyl (C=O) groups is 1. The summed E-state index contributed by atoms with van der Waals surface area (Å²) >= 11 is 0. The van der Waals surface area contributed by atoms with Crippen molar-refractivity contribution in [3.8, 4) is 11.8 Å². The van der Waals surface area contributed by atoms with Crippen LogP contribution < -0.4 is 9.64 Å². The quantitative estimate of drug-likeness (QED) is 0.755. The highest BCUT2D eigenvalue weighted by Crippen LogP contribution is 2.33. The maximum atomic E-state index is 10.8. The zero-order valence-corrected chi connectivity index (χ0v) is 17.1. The van der Waals surface area contributed by atoms with E-state index in [1.165, 1.54) is 11.1 Å². The molecule has 2 aromatic rings. The van der Waals surface area contributed by atoms with Crippen LogP contribution in [0.1, 0.15) is 41.5 Å². The lowest BCUT2D eigenvalue weighted by Crippen LogP contribution is -2.38. The molecule has 1 fully saturated rings. The number of hydrogen-bond donors (Lipinski definition) is 1. The van der Waals surface area contributed by atoms with E-state index < -0.39 is 5.97 Å². The van der Waals surface area contributed by atoms with Crippen molar-refractivity contribution in [3.05, 3.63) is 58.7 Å². The van der Waals surface area contributed by atoms with Crippen LogP contribution in [0.3, 0.4) is 0 Å². The molecule has 6 nitrogen and oxygen atoms in total. The van der Waals surface area contributed by atoms with Gasteiger partial charge in [-0.25, -0.2) is 0 Å². The molecule has 0 radical (unpaired) electrons. The first-order valence-corrected chi connectivity index (χ1v) is 10.4. The minimum absolute atomic E-state index is 0.148. The van der Waals surface area contributed by atoms with Gasteiger partial charge in [0, 0.05) is 45.5 Å². The van der Waals surface area contributed by atoms with E-state index in [0.717, 1.165) is 49.4 Å². The molecular weight excluding hydrogens is 380 g/mol. The second kappa shape index (κ2) is 8.76. The van der Waals surface area contributed by atoms with Crippen molar-refractivity contribution in [2.75, 3.05) is 18.6 Å². The molecule has 2 aliphatic rings. The molecule has 0 unspecified atom stereocenters. The molecule has 6 heteroatoms. The molecule has 156 valence electrons. The number of fused-ring (bicyclic) bond motifs is 1. The van der Waals surface area contributed by atoms with Gasteiger partial charge in [-0.2, -0.15) is 5.26 Å². The Morgan fingerprint density at radius 1 is 1.20 bits per heavy atom. The fraction of sp³-hybridized carbons (Fsp3) is 0.417. The minimum Gasteiger partial charge on any atom is -0.490 e. The zero-order chi connectivity index (χ0) is 21.1. The predicted octanol–water partition coefficient (Wildman–Crippen LogP) is 3.69. The first-order valence-electron chi connectivity index (χ1n) is 10.4. The van der Waals surface area contributed by atoms with E-state index in [1.54, 1.807) is 7.11 Å². The van der Waals surface area contributed by atoms with E-state index in [9.17, 15) is 10.1 Å². The topological polar surface area (TPSA) is 82.8 Å². The van der Waals surface area contributed by atoms with Gasteiger partial charge in [0.25, 0.3) is 0 Å². The second-order valence-corrected chi connectivity index (χ2v) is 8.03. The van der Waals surface area contributed by atoms with Gasteiger partial charge in [0.1, 0.15) is 17.9 Å². The molecule has 0 spiro atoms. The van der Waals surface area contributed by atoms with Crippen LogP contribution in [0, 0.1) is 11.3 Å². The fourth-order valence-electron chi connectivity index (χ4n) is 4.16. The summed E-state index contributed by atoms with van der Waals surface area (Å²) in [6, 6.07) is 14.2. The Morgan fingerprint density at radius 2 is 2.03 bits per heavy atom. The average Bonchev–Trinajstić information content (AvgIpc) is 2.73.